The number of aliphatic hydroxyl groups is 4. The van der Waals surface area contributed by atoms with E-state index >= 15 is 0 Å². The van der Waals surface area contributed by atoms with Crippen LogP contribution in [-0.4, -0.2) is 143 Å². The molecule has 0 aromatic heterocycles. The van der Waals surface area contributed by atoms with Crippen molar-refractivity contribution in [1.29, 1.82) is 0 Å². The molecule has 0 bridgehead atoms. The Morgan fingerprint density at radius 2 is 1.32 bits per heavy atom. The first kappa shape index (κ1) is 43.7. The Bertz CT molecular complexity index is 1820. The first-order valence-electron chi connectivity index (χ1n) is 19.3. The standard InChI is InChI=1S/C43H54N6O6S2/c1-3-4-7-34(15-9-32-10-16-35(17-11-32)47-26-38(50)39(51)27-47)46-25-42(54)44-21-23-56-57-24-22-45-43(55)30-49-31(2)6-5-8-37(49)20-14-33-12-18-36(19-13-33)48-28-40(52)41(53)29-48/h3-5,7-20,31,38-41,50-53H,1,6,21-30H2,2H3,(H-,44,45,54,55)/p+1/b7-4-,15-9+,46-34?. The number of amides is 2. The summed E-state index contributed by atoms with van der Waals surface area (Å²) in [5.41, 5.74) is 5.47. The second-order valence-electron chi connectivity index (χ2n) is 14.1. The fourth-order valence-corrected chi connectivity index (χ4v) is 8.33. The summed E-state index contributed by atoms with van der Waals surface area (Å²) in [4.78, 5) is 33.8. The highest BCUT2D eigenvalue weighted by atomic mass is 33.1. The number of carbonyl (C=O) groups excluding carboxylic acids is 2. The van der Waals surface area contributed by atoms with Gasteiger partial charge < -0.3 is 40.9 Å². The molecule has 2 aromatic carbocycles. The molecule has 0 radical (unpaired) electrons. The summed E-state index contributed by atoms with van der Waals surface area (Å²) in [7, 11) is 3.29. The fraction of sp³-hybridized carbons (Fsp3) is 0.395. The maximum absolute atomic E-state index is 12.9. The monoisotopic (exact) mass is 815 g/mol. The van der Waals surface area contributed by atoms with E-state index in [0.29, 0.717) is 45.0 Å². The lowest BCUT2D eigenvalue weighted by Crippen LogP contribution is -2.40. The Labute approximate surface area is 343 Å². The quantitative estimate of drug-likeness (QED) is 0.0409. The van der Waals surface area contributed by atoms with Gasteiger partial charge in [-0.2, -0.15) is 0 Å². The lowest BCUT2D eigenvalue weighted by Gasteiger charge is -2.17. The summed E-state index contributed by atoms with van der Waals surface area (Å²) in [6, 6.07) is 16.0. The first-order chi connectivity index (χ1) is 27.6. The van der Waals surface area contributed by atoms with E-state index < -0.39 is 24.4 Å². The van der Waals surface area contributed by atoms with Gasteiger partial charge in [-0.3, -0.25) is 14.6 Å². The van der Waals surface area contributed by atoms with Crippen LogP contribution in [0.5, 0.6) is 0 Å². The SMILES string of the molecule is C=C/C=C\C(/C=C/c1ccc(N2CC(O)C(O)C2)cc1)=NCC(=O)NCCSSCCNC(=O)C[N+]1=C(/C=C/c2ccc(N3CC(O)C(O)C3)cc2)C=CCC1C. The van der Waals surface area contributed by atoms with Crippen molar-refractivity contribution in [3.8, 4) is 0 Å². The van der Waals surface area contributed by atoms with E-state index in [4.69, 9.17) is 0 Å². The first-order valence-corrected chi connectivity index (χ1v) is 21.8. The molecule has 0 aliphatic carbocycles. The number of rotatable bonds is 19. The average molecular weight is 816 g/mol. The molecule has 5 rings (SSSR count). The molecule has 0 saturated carbocycles. The van der Waals surface area contributed by atoms with E-state index in [0.717, 1.165) is 46.1 Å². The lowest BCUT2D eigenvalue weighted by atomic mass is 10.1. The number of aliphatic hydroxyl groups excluding tert-OH is 4. The van der Waals surface area contributed by atoms with Gasteiger partial charge in [0.05, 0.1) is 30.1 Å². The largest absolute Gasteiger partial charge is 0.389 e. The number of nitrogens with one attached hydrogen (secondary N) is 2. The lowest BCUT2D eigenvalue weighted by molar-refractivity contribution is -0.551. The van der Waals surface area contributed by atoms with E-state index in [2.05, 4.69) is 45.9 Å². The van der Waals surface area contributed by atoms with Crippen molar-refractivity contribution in [3.63, 3.8) is 0 Å². The molecule has 57 heavy (non-hydrogen) atoms. The second-order valence-corrected chi connectivity index (χ2v) is 16.9. The third kappa shape index (κ3) is 13.9. The number of benzene rings is 2. The van der Waals surface area contributed by atoms with Crippen LogP contribution in [0.1, 0.15) is 24.5 Å². The minimum Gasteiger partial charge on any atom is -0.389 e. The van der Waals surface area contributed by atoms with Crippen LogP contribution in [-0.2, 0) is 9.59 Å². The molecule has 3 heterocycles. The molecule has 14 heteroatoms. The predicted octanol–water partition coefficient (Wildman–Crippen LogP) is 3.10. The van der Waals surface area contributed by atoms with Crippen molar-refractivity contribution in [1.82, 2.24) is 10.6 Å². The number of carbonyl (C=O) groups is 2. The van der Waals surface area contributed by atoms with E-state index in [-0.39, 0.29) is 30.9 Å². The van der Waals surface area contributed by atoms with Gasteiger partial charge in [0, 0.05) is 80.7 Å². The zero-order valence-electron chi connectivity index (χ0n) is 32.4. The zero-order chi connectivity index (χ0) is 40.6. The highest BCUT2D eigenvalue weighted by molar-refractivity contribution is 8.76. The van der Waals surface area contributed by atoms with Crippen molar-refractivity contribution in [2.24, 2.45) is 4.99 Å². The van der Waals surface area contributed by atoms with Crippen molar-refractivity contribution >= 4 is 68.4 Å². The average Bonchev–Trinajstić information content (AvgIpc) is 3.74. The fourth-order valence-electron chi connectivity index (χ4n) is 6.52. The van der Waals surface area contributed by atoms with Crippen LogP contribution in [0.3, 0.4) is 0 Å². The number of hydrogen-bond acceptors (Lipinski definition) is 11. The van der Waals surface area contributed by atoms with Crippen LogP contribution < -0.4 is 20.4 Å². The maximum atomic E-state index is 12.9. The molecular weight excluding hydrogens is 761 g/mol. The molecule has 3 aliphatic heterocycles. The molecule has 2 saturated heterocycles. The third-order valence-corrected chi connectivity index (χ3v) is 12.2. The highest BCUT2D eigenvalue weighted by Crippen LogP contribution is 2.23. The number of allylic oxidation sites excluding steroid dienone is 6. The normalized spacial score (nSPS) is 22.8. The van der Waals surface area contributed by atoms with Crippen LogP contribution in [0.2, 0.25) is 0 Å². The van der Waals surface area contributed by atoms with Crippen LogP contribution in [0.25, 0.3) is 12.2 Å². The number of hydrogen-bond donors (Lipinski definition) is 6. The molecular formula is C43H55N6O6S2+. The molecule has 2 aromatic rings. The van der Waals surface area contributed by atoms with Crippen LogP contribution in [0.15, 0.2) is 103 Å². The third-order valence-electron chi connectivity index (χ3n) is 9.78. The minimum atomic E-state index is -0.739. The van der Waals surface area contributed by atoms with E-state index in [1.165, 1.54) is 0 Å². The van der Waals surface area contributed by atoms with E-state index in [1.807, 2.05) is 82.6 Å². The van der Waals surface area contributed by atoms with Gasteiger partial charge in [0.15, 0.2) is 11.8 Å². The predicted molar refractivity (Wildman–Crippen MR) is 235 cm³/mol. The van der Waals surface area contributed by atoms with Gasteiger partial charge in [0.2, 0.25) is 12.5 Å². The van der Waals surface area contributed by atoms with Crippen molar-refractivity contribution in [3.05, 3.63) is 109 Å². The highest BCUT2D eigenvalue weighted by Gasteiger charge is 2.30. The number of anilines is 2. The Kier molecular flexibility index (Phi) is 17.2. The zero-order valence-corrected chi connectivity index (χ0v) is 34.0. The summed E-state index contributed by atoms with van der Waals surface area (Å²) in [6.45, 7) is 8.78. The molecule has 6 N–H and O–H groups in total. The van der Waals surface area contributed by atoms with Gasteiger partial charge in [0.25, 0.3) is 5.91 Å². The molecule has 5 unspecified atom stereocenters. The van der Waals surface area contributed by atoms with Gasteiger partial charge >= 0.3 is 0 Å². The summed E-state index contributed by atoms with van der Waals surface area (Å²) in [5.74, 6) is 1.26. The molecule has 3 aliphatic rings. The second kappa shape index (κ2) is 22.5. The van der Waals surface area contributed by atoms with Gasteiger partial charge in [-0.15, -0.1) is 0 Å². The van der Waals surface area contributed by atoms with Crippen LogP contribution >= 0.6 is 21.6 Å². The van der Waals surface area contributed by atoms with Crippen LogP contribution in [0.4, 0.5) is 11.4 Å². The summed E-state index contributed by atoms with van der Waals surface area (Å²) >= 11 is 0. The Morgan fingerprint density at radius 3 is 1.86 bits per heavy atom. The van der Waals surface area contributed by atoms with Crippen LogP contribution in [0, 0.1) is 0 Å². The minimum absolute atomic E-state index is 0.00521. The molecule has 5 atom stereocenters. The van der Waals surface area contributed by atoms with Crippen molar-refractivity contribution < 1.29 is 34.6 Å². The number of nitrogens with zero attached hydrogens (tertiary/aromatic N) is 4. The molecule has 304 valence electrons. The number of β-amino-alcohol motifs (C(OH)–C–C–N with tert-alkyl or cyclic N) is 4. The Morgan fingerprint density at radius 1 is 0.789 bits per heavy atom. The van der Waals surface area contributed by atoms with Crippen molar-refractivity contribution in [2.75, 3.05) is 73.7 Å². The topological polar surface area (TPSA) is 161 Å². The molecule has 12 nitrogen and oxygen atoms in total. The maximum Gasteiger partial charge on any atom is 0.285 e. The van der Waals surface area contributed by atoms with Gasteiger partial charge in [-0.1, -0.05) is 76.7 Å². The number of aliphatic imine (C=N–C) groups is 1. The Hall–Kier alpha value is -4.44. The van der Waals surface area contributed by atoms with E-state index in [1.54, 1.807) is 39.8 Å². The van der Waals surface area contributed by atoms with E-state index in [9.17, 15) is 30.0 Å². The van der Waals surface area contributed by atoms with Crippen molar-refractivity contribution in [2.45, 2.75) is 43.8 Å². The summed E-state index contributed by atoms with van der Waals surface area (Å²) in [5, 5.41) is 45.3. The van der Waals surface area contributed by atoms with Gasteiger partial charge in [-0.05, 0) is 60.5 Å². The molecule has 2 fully saturated rings. The van der Waals surface area contributed by atoms with Gasteiger partial charge in [0.1, 0.15) is 6.54 Å². The summed E-state index contributed by atoms with van der Waals surface area (Å²) in [6.07, 6.45) is 15.1. The smallest absolute Gasteiger partial charge is 0.285 e. The molecule has 2 amide bonds. The van der Waals surface area contributed by atoms with Gasteiger partial charge in [-0.25, -0.2) is 4.58 Å². The summed E-state index contributed by atoms with van der Waals surface area (Å²) < 4.78 is 2.12. The Balaban J connectivity index is 0.973. The molecule has 0 spiro atoms.